The van der Waals surface area contributed by atoms with Crippen molar-refractivity contribution in [3.8, 4) is 0 Å². The molecule has 0 fully saturated rings. The van der Waals surface area contributed by atoms with Gasteiger partial charge in [-0.1, -0.05) is 18.2 Å². The van der Waals surface area contributed by atoms with Gasteiger partial charge in [0.2, 0.25) is 0 Å². The molecule has 6 heteroatoms. The average molecular weight is 285 g/mol. The number of aromatic nitrogens is 1. The Morgan fingerprint density at radius 3 is 2.67 bits per heavy atom. The van der Waals surface area contributed by atoms with Crippen molar-refractivity contribution < 1.29 is 23.8 Å². The summed E-state index contributed by atoms with van der Waals surface area (Å²) >= 11 is 0. The smallest absolute Gasteiger partial charge is 0.352 e. The van der Waals surface area contributed by atoms with Crippen molar-refractivity contribution in [1.29, 1.82) is 0 Å². The molecule has 0 saturated carbocycles. The zero-order chi connectivity index (χ0) is 14.8. The highest BCUT2D eigenvalue weighted by Gasteiger charge is 2.17. The van der Waals surface area contributed by atoms with Gasteiger partial charge in [-0.3, -0.25) is 4.57 Å². The van der Waals surface area contributed by atoms with Crippen molar-refractivity contribution in [2.24, 2.45) is 0 Å². The van der Waals surface area contributed by atoms with E-state index in [4.69, 9.17) is 14.3 Å². The highest BCUT2D eigenvalue weighted by Crippen LogP contribution is 2.21. The summed E-state index contributed by atoms with van der Waals surface area (Å²) in [5.41, 5.74) is 1.41. The van der Waals surface area contributed by atoms with Crippen molar-refractivity contribution in [1.82, 2.24) is 4.57 Å². The van der Waals surface area contributed by atoms with Gasteiger partial charge in [-0.2, -0.15) is 0 Å². The van der Waals surface area contributed by atoms with Crippen LogP contribution in [0, 0.1) is 0 Å². The van der Waals surface area contributed by atoms with E-state index in [0.717, 1.165) is 0 Å². The Hall–Kier alpha value is -3.02. The molecule has 0 radical (unpaired) electrons. The number of hydrogen-bond acceptors (Lipinski definition) is 4. The van der Waals surface area contributed by atoms with Crippen LogP contribution in [0.3, 0.4) is 0 Å². The monoisotopic (exact) mass is 285 g/mol. The fraction of sp³-hybridized carbons (Fsp3) is 0.0667. The summed E-state index contributed by atoms with van der Waals surface area (Å²) in [4.78, 5) is 23.1. The Kier molecular flexibility index (Phi) is 3.19. The number of esters is 1. The maximum absolute atomic E-state index is 11.9. The largest absolute Gasteiger partial charge is 0.477 e. The molecule has 6 nitrogen and oxygen atoms in total. The minimum Gasteiger partial charge on any atom is -0.477 e. The first-order valence-corrected chi connectivity index (χ1v) is 6.19. The number of carbonyl (C=O) groups excluding carboxylic acids is 1. The zero-order valence-electron chi connectivity index (χ0n) is 10.9. The molecule has 3 aromatic rings. The topological polar surface area (TPSA) is 81.7 Å². The highest BCUT2D eigenvalue weighted by atomic mass is 16.5. The van der Waals surface area contributed by atoms with Gasteiger partial charge in [0.05, 0.1) is 17.3 Å². The summed E-state index contributed by atoms with van der Waals surface area (Å²) in [6, 6.07) is 11.5. The average Bonchev–Trinajstić information content (AvgIpc) is 3.06. The molecule has 3 rings (SSSR count). The van der Waals surface area contributed by atoms with Gasteiger partial charge in [0.15, 0.2) is 12.3 Å². The Morgan fingerprint density at radius 2 is 1.95 bits per heavy atom. The van der Waals surface area contributed by atoms with Crippen LogP contribution in [-0.4, -0.2) is 21.6 Å². The summed E-state index contributed by atoms with van der Waals surface area (Å²) < 4.78 is 11.7. The molecule has 1 aromatic carbocycles. The van der Waals surface area contributed by atoms with Crippen LogP contribution in [0.1, 0.15) is 20.8 Å². The number of carbonyl (C=O) groups is 2. The fourth-order valence-electron chi connectivity index (χ4n) is 2.07. The number of rotatable bonds is 4. The maximum atomic E-state index is 11.9. The molecule has 2 heterocycles. The Balaban J connectivity index is 1.85. The number of aromatic carboxylic acids is 1. The van der Waals surface area contributed by atoms with E-state index in [9.17, 15) is 9.59 Å². The first-order valence-electron chi connectivity index (χ1n) is 6.19. The van der Waals surface area contributed by atoms with Gasteiger partial charge in [-0.25, -0.2) is 9.59 Å². The third-order valence-corrected chi connectivity index (χ3v) is 3.08. The Labute approximate surface area is 119 Å². The van der Waals surface area contributed by atoms with Crippen LogP contribution in [0.15, 0.2) is 53.1 Å². The number of carboxylic acids is 1. The molecule has 0 amide bonds. The van der Waals surface area contributed by atoms with E-state index in [1.54, 1.807) is 36.4 Å². The first kappa shape index (κ1) is 13.0. The van der Waals surface area contributed by atoms with E-state index in [-0.39, 0.29) is 12.4 Å². The van der Waals surface area contributed by atoms with E-state index in [1.807, 2.05) is 0 Å². The van der Waals surface area contributed by atoms with E-state index in [2.05, 4.69) is 0 Å². The molecule has 0 atom stereocenters. The van der Waals surface area contributed by atoms with Crippen LogP contribution in [0.4, 0.5) is 0 Å². The second kappa shape index (κ2) is 5.16. The molecule has 21 heavy (non-hydrogen) atoms. The molecule has 0 spiro atoms. The zero-order valence-corrected chi connectivity index (χ0v) is 10.9. The van der Waals surface area contributed by atoms with Gasteiger partial charge in [0.1, 0.15) is 5.69 Å². The van der Waals surface area contributed by atoms with Gasteiger partial charge in [0.25, 0.3) is 0 Å². The predicted molar refractivity (Wildman–Crippen MR) is 73.0 cm³/mol. The summed E-state index contributed by atoms with van der Waals surface area (Å²) in [6.45, 7) is -0.196. The summed E-state index contributed by atoms with van der Waals surface area (Å²) in [5, 5.41) is 9.16. The number of carboxylic acid groups (broad SMARTS) is 1. The van der Waals surface area contributed by atoms with Gasteiger partial charge >= 0.3 is 11.9 Å². The fourth-order valence-corrected chi connectivity index (χ4v) is 2.07. The normalized spacial score (nSPS) is 10.7. The SMILES string of the molecule is O=C(OCn1c(C(=O)O)cc2occc21)c1ccccc1. The molecule has 0 saturated heterocycles. The van der Waals surface area contributed by atoms with Gasteiger partial charge in [-0.15, -0.1) is 0 Å². The maximum Gasteiger partial charge on any atom is 0.352 e. The molecular weight excluding hydrogens is 274 g/mol. The number of fused-ring (bicyclic) bond motifs is 1. The third kappa shape index (κ3) is 2.38. The van der Waals surface area contributed by atoms with Gasteiger partial charge in [-0.05, 0) is 12.1 Å². The highest BCUT2D eigenvalue weighted by molar-refractivity contribution is 5.93. The van der Waals surface area contributed by atoms with Crippen molar-refractivity contribution in [2.45, 2.75) is 6.73 Å². The van der Waals surface area contributed by atoms with Crippen LogP contribution in [0.5, 0.6) is 0 Å². The minimum absolute atomic E-state index is 0.00483. The number of furan rings is 1. The predicted octanol–water partition coefficient (Wildman–Crippen LogP) is 2.75. The molecule has 1 N–H and O–H groups in total. The second-order valence-corrected chi connectivity index (χ2v) is 4.36. The molecule has 0 unspecified atom stereocenters. The second-order valence-electron chi connectivity index (χ2n) is 4.36. The quantitative estimate of drug-likeness (QED) is 0.745. The molecule has 0 aliphatic rings. The first-order chi connectivity index (χ1) is 10.2. The Bertz CT molecular complexity index is 800. The van der Waals surface area contributed by atoms with E-state index in [1.165, 1.54) is 16.9 Å². The van der Waals surface area contributed by atoms with Crippen molar-refractivity contribution in [2.75, 3.05) is 0 Å². The number of nitrogens with zero attached hydrogens (tertiary/aromatic N) is 1. The lowest BCUT2D eigenvalue weighted by molar-refractivity contribution is 0.0363. The molecule has 106 valence electrons. The number of ether oxygens (including phenoxy) is 1. The van der Waals surface area contributed by atoms with Crippen LogP contribution in [0.2, 0.25) is 0 Å². The Morgan fingerprint density at radius 1 is 1.19 bits per heavy atom. The standard InChI is InChI=1S/C15H11NO5/c17-14(18)12-8-13-11(6-7-20-13)16(12)9-21-15(19)10-4-2-1-3-5-10/h1-8H,9H2,(H,17,18). The van der Waals surface area contributed by atoms with E-state index in [0.29, 0.717) is 16.7 Å². The summed E-state index contributed by atoms with van der Waals surface area (Å²) in [5.74, 6) is -1.63. The summed E-state index contributed by atoms with van der Waals surface area (Å²) in [6.07, 6.45) is 1.45. The molecule has 0 bridgehead atoms. The van der Waals surface area contributed by atoms with E-state index < -0.39 is 11.9 Å². The molecule has 0 aliphatic heterocycles. The summed E-state index contributed by atoms with van der Waals surface area (Å²) in [7, 11) is 0. The van der Waals surface area contributed by atoms with Gasteiger partial charge in [0, 0.05) is 12.1 Å². The van der Waals surface area contributed by atoms with Crippen LogP contribution >= 0.6 is 0 Å². The lowest BCUT2D eigenvalue weighted by atomic mass is 10.2. The lowest BCUT2D eigenvalue weighted by Gasteiger charge is -2.08. The van der Waals surface area contributed by atoms with E-state index >= 15 is 0 Å². The molecule has 2 aromatic heterocycles. The number of benzene rings is 1. The van der Waals surface area contributed by atoms with Crippen molar-refractivity contribution in [3.63, 3.8) is 0 Å². The van der Waals surface area contributed by atoms with Crippen molar-refractivity contribution >= 4 is 23.0 Å². The molecular formula is C15H11NO5. The minimum atomic E-state index is -1.11. The lowest BCUT2D eigenvalue weighted by Crippen LogP contribution is -2.14. The third-order valence-electron chi connectivity index (χ3n) is 3.08. The van der Waals surface area contributed by atoms with Crippen molar-refractivity contribution in [3.05, 3.63) is 60.0 Å². The van der Waals surface area contributed by atoms with Gasteiger partial charge < -0.3 is 14.3 Å². The van der Waals surface area contributed by atoms with Crippen LogP contribution < -0.4 is 0 Å². The van der Waals surface area contributed by atoms with Crippen LogP contribution in [0.25, 0.3) is 11.1 Å². The number of hydrogen-bond donors (Lipinski definition) is 1. The van der Waals surface area contributed by atoms with Crippen LogP contribution in [-0.2, 0) is 11.5 Å². The molecule has 0 aliphatic carbocycles.